The van der Waals surface area contributed by atoms with Crippen molar-refractivity contribution in [2.75, 3.05) is 26.8 Å². The zero-order valence-electron chi connectivity index (χ0n) is 10.9. The Labute approximate surface area is 112 Å². The quantitative estimate of drug-likeness (QED) is 0.824. The second-order valence-electron chi connectivity index (χ2n) is 4.93. The SMILES string of the molecule is CO[C@H]1CNCC1NC(=O)c1ccc2c(c1)CCO2. The van der Waals surface area contributed by atoms with Crippen LogP contribution in [0.3, 0.4) is 0 Å². The summed E-state index contributed by atoms with van der Waals surface area (Å²) >= 11 is 0. The smallest absolute Gasteiger partial charge is 0.251 e. The van der Waals surface area contributed by atoms with Crippen molar-refractivity contribution in [1.82, 2.24) is 10.6 Å². The number of nitrogens with one attached hydrogen (secondary N) is 2. The summed E-state index contributed by atoms with van der Waals surface area (Å²) < 4.78 is 10.8. The number of carbonyl (C=O) groups is 1. The predicted molar refractivity (Wildman–Crippen MR) is 70.6 cm³/mol. The van der Waals surface area contributed by atoms with Gasteiger partial charge in [-0.3, -0.25) is 4.79 Å². The van der Waals surface area contributed by atoms with E-state index in [0.29, 0.717) is 12.2 Å². The van der Waals surface area contributed by atoms with Crippen molar-refractivity contribution in [2.45, 2.75) is 18.6 Å². The molecule has 1 aromatic carbocycles. The number of amides is 1. The monoisotopic (exact) mass is 262 g/mol. The number of rotatable bonds is 3. The highest BCUT2D eigenvalue weighted by Gasteiger charge is 2.28. The molecule has 2 aliphatic rings. The molecule has 0 radical (unpaired) electrons. The molecule has 5 nitrogen and oxygen atoms in total. The van der Waals surface area contributed by atoms with Crippen molar-refractivity contribution >= 4 is 5.91 Å². The second kappa shape index (κ2) is 5.19. The van der Waals surface area contributed by atoms with E-state index in [1.807, 2.05) is 18.2 Å². The van der Waals surface area contributed by atoms with Crippen LogP contribution in [0.5, 0.6) is 5.75 Å². The molecule has 0 bridgehead atoms. The van der Waals surface area contributed by atoms with Gasteiger partial charge in [0.15, 0.2) is 0 Å². The fraction of sp³-hybridized carbons (Fsp3) is 0.500. The average Bonchev–Trinajstić information content (AvgIpc) is 3.05. The summed E-state index contributed by atoms with van der Waals surface area (Å²) in [6.45, 7) is 2.23. The molecule has 0 aliphatic carbocycles. The molecule has 1 fully saturated rings. The maximum Gasteiger partial charge on any atom is 0.251 e. The zero-order valence-corrected chi connectivity index (χ0v) is 10.9. The summed E-state index contributed by atoms with van der Waals surface area (Å²) in [5.74, 6) is 0.847. The maximum absolute atomic E-state index is 12.2. The highest BCUT2D eigenvalue weighted by atomic mass is 16.5. The lowest BCUT2D eigenvalue weighted by Crippen LogP contribution is -2.43. The molecule has 1 aromatic rings. The molecule has 0 aromatic heterocycles. The zero-order chi connectivity index (χ0) is 13.2. The van der Waals surface area contributed by atoms with Crippen LogP contribution in [-0.2, 0) is 11.2 Å². The van der Waals surface area contributed by atoms with Crippen molar-refractivity contribution < 1.29 is 14.3 Å². The van der Waals surface area contributed by atoms with Gasteiger partial charge in [0.05, 0.1) is 18.8 Å². The van der Waals surface area contributed by atoms with Crippen LogP contribution >= 0.6 is 0 Å². The summed E-state index contributed by atoms with van der Waals surface area (Å²) in [7, 11) is 1.67. The molecule has 19 heavy (non-hydrogen) atoms. The van der Waals surface area contributed by atoms with Crippen LogP contribution in [0.25, 0.3) is 0 Å². The lowest BCUT2D eigenvalue weighted by Gasteiger charge is -2.18. The van der Waals surface area contributed by atoms with Crippen LogP contribution < -0.4 is 15.4 Å². The molecule has 3 rings (SSSR count). The molecule has 0 saturated carbocycles. The third-order valence-corrected chi connectivity index (χ3v) is 3.73. The van der Waals surface area contributed by atoms with Crippen molar-refractivity contribution in [3.63, 3.8) is 0 Å². The van der Waals surface area contributed by atoms with Crippen LogP contribution in [-0.4, -0.2) is 44.9 Å². The average molecular weight is 262 g/mol. The fourth-order valence-electron chi connectivity index (χ4n) is 2.63. The number of methoxy groups -OCH3 is 1. The van der Waals surface area contributed by atoms with Gasteiger partial charge >= 0.3 is 0 Å². The van der Waals surface area contributed by atoms with Gasteiger partial charge in [0.2, 0.25) is 0 Å². The first kappa shape index (κ1) is 12.4. The minimum absolute atomic E-state index is 0.0296. The van der Waals surface area contributed by atoms with Crippen molar-refractivity contribution in [3.8, 4) is 5.75 Å². The largest absolute Gasteiger partial charge is 0.493 e. The van der Waals surface area contributed by atoms with Gasteiger partial charge in [-0.05, 0) is 23.8 Å². The van der Waals surface area contributed by atoms with E-state index in [0.717, 1.165) is 30.8 Å². The molecule has 1 amide bonds. The first-order chi connectivity index (χ1) is 9.28. The van der Waals surface area contributed by atoms with Gasteiger partial charge in [-0.2, -0.15) is 0 Å². The minimum Gasteiger partial charge on any atom is -0.493 e. The van der Waals surface area contributed by atoms with Crippen LogP contribution in [0.15, 0.2) is 18.2 Å². The number of ether oxygens (including phenoxy) is 2. The van der Waals surface area contributed by atoms with E-state index in [9.17, 15) is 4.79 Å². The normalized spacial score (nSPS) is 24.9. The van der Waals surface area contributed by atoms with Crippen LogP contribution in [0.1, 0.15) is 15.9 Å². The molecule has 2 aliphatic heterocycles. The van der Waals surface area contributed by atoms with Crippen molar-refractivity contribution in [2.24, 2.45) is 0 Å². The van der Waals surface area contributed by atoms with Gasteiger partial charge in [-0.15, -0.1) is 0 Å². The van der Waals surface area contributed by atoms with E-state index in [1.54, 1.807) is 7.11 Å². The minimum atomic E-state index is -0.0505. The molecule has 2 heterocycles. The summed E-state index contributed by atoms with van der Waals surface area (Å²) in [4.78, 5) is 12.2. The molecular formula is C14H18N2O3. The Morgan fingerprint density at radius 2 is 2.37 bits per heavy atom. The molecule has 2 atom stereocenters. The lowest BCUT2D eigenvalue weighted by atomic mass is 10.1. The van der Waals surface area contributed by atoms with Gasteiger partial charge in [0, 0.05) is 32.2 Å². The Morgan fingerprint density at radius 3 is 3.21 bits per heavy atom. The van der Waals surface area contributed by atoms with E-state index >= 15 is 0 Å². The number of hydrogen-bond acceptors (Lipinski definition) is 4. The van der Waals surface area contributed by atoms with Gasteiger partial charge < -0.3 is 20.1 Å². The first-order valence-electron chi connectivity index (χ1n) is 6.58. The fourth-order valence-corrected chi connectivity index (χ4v) is 2.63. The van der Waals surface area contributed by atoms with E-state index in [4.69, 9.17) is 9.47 Å². The highest BCUT2D eigenvalue weighted by molar-refractivity contribution is 5.94. The Morgan fingerprint density at radius 1 is 1.47 bits per heavy atom. The number of hydrogen-bond donors (Lipinski definition) is 2. The highest BCUT2D eigenvalue weighted by Crippen LogP contribution is 2.25. The molecule has 2 N–H and O–H groups in total. The third-order valence-electron chi connectivity index (χ3n) is 3.73. The third kappa shape index (κ3) is 2.43. The Hall–Kier alpha value is -1.59. The topological polar surface area (TPSA) is 59.6 Å². The summed E-state index contributed by atoms with van der Waals surface area (Å²) in [5, 5.41) is 6.23. The lowest BCUT2D eigenvalue weighted by molar-refractivity contribution is 0.0780. The van der Waals surface area contributed by atoms with Crippen molar-refractivity contribution in [3.05, 3.63) is 29.3 Å². The van der Waals surface area contributed by atoms with E-state index < -0.39 is 0 Å². The Bertz CT molecular complexity index is 490. The second-order valence-corrected chi connectivity index (χ2v) is 4.93. The molecular weight excluding hydrogens is 244 g/mol. The predicted octanol–water partition coefficient (Wildman–Crippen LogP) is 0.338. The first-order valence-corrected chi connectivity index (χ1v) is 6.58. The molecule has 102 valence electrons. The molecule has 0 spiro atoms. The van der Waals surface area contributed by atoms with E-state index in [2.05, 4.69) is 10.6 Å². The molecule has 1 unspecified atom stereocenters. The number of fused-ring (bicyclic) bond motifs is 1. The Kier molecular flexibility index (Phi) is 3.40. The van der Waals surface area contributed by atoms with Crippen LogP contribution in [0, 0.1) is 0 Å². The summed E-state index contributed by atoms with van der Waals surface area (Å²) in [5.41, 5.74) is 1.80. The van der Waals surface area contributed by atoms with E-state index in [1.165, 1.54) is 0 Å². The maximum atomic E-state index is 12.2. The number of carbonyl (C=O) groups excluding carboxylic acids is 1. The number of benzene rings is 1. The summed E-state index contributed by atoms with van der Waals surface area (Å²) in [6, 6.07) is 5.63. The van der Waals surface area contributed by atoms with Gasteiger partial charge in [0.25, 0.3) is 5.91 Å². The summed E-state index contributed by atoms with van der Waals surface area (Å²) in [6.07, 6.45) is 0.920. The standard InChI is InChI=1S/C14H18N2O3/c1-18-13-8-15-7-11(13)16-14(17)10-2-3-12-9(6-10)4-5-19-12/h2-3,6,11,13,15H,4-5,7-8H2,1H3,(H,16,17)/t11?,13-/m0/s1. The van der Waals surface area contributed by atoms with Gasteiger partial charge in [0.1, 0.15) is 5.75 Å². The van der Waals surface area contributed by atoms with Crippen LogP contribution in [0.2, 0.25) is 0 Å². The van der Waals surface area contributed by atoms with Gasteiger partial charge in [-0.1, -0.05) is 0 Å². The molecule has 1 saturated heterocycles. The van der Waals surface area contributed by atoms with E-state index in [-0.39, 0.29) is 18.1 Å². The molecule has 5 heteroatoms. The van der Waals surface area contributed by atoms with Gasteiger partial charge in [-0.25, -0.2) is 0 Å². The Balaban J connectivity index is 1.70. The van der Waals surface area contributed by atoms with Crippen LogP contribution in [0.4, 0.5) is 0 Å². The van der Waals surface area contributed by atoms with Crippen molar-refractivity contribution in [1.29, 1.82) is 0 Å².